The number of rotatable bonds is 1. The van der Waals surface area contributed by atoms with Gasteiger partial charge in [-0.2, -0.15) is 4.73 Å². The number of aromatic nitrogens is 3. The Hall–Kier alpha value is -2.62. The highest BCUT2D eigenvalue weighted by atomic mass is 16.5. The van der Waals surface area contributed by atoms with Gasteiger partial charge in [0.2, 0.25) is 0 Å². The average Bonchev–Trinajstić information content (AvgIpc) is 2.75. The predicted octanol–water partition coefficient (Wildman–Crippen LogP) is 3.34. The molecule has 0 saturated carbocycles. The third kappa shape index (κ3) is 1.91. The molecule has 0 amide bonds. The maximum Gasteiger partial charge on any atom is 0.177 e. The molecule has 0 bridgehead atoms. The Bertz CT molecular complexity index is 793. The maximum absolute atomic E-state index is 10.6. The molecule has 0 aliphatic heterocycles. The van der Waals surface area contributed by atoms with Gasteiger partial charge in [0.1, 0.15) is 5.69 Å². The molecule has 1 aromatic carbocycles. The molecular formula is C17H15N3O. The van der Waals surface area contributed by atoms with Gasteiger partial charge in [0.15, 0.2) is 5.82 Å². The Morgan fingerprint density at radius 1 is 1.05 bits per heavy atom. The van der Waals surface area contributed by atoms with Gasteiger partial charge in [-0.1, -0.05) is 24.3 Å². The van der Waals surface area contributed by atoms with E-state index < -0.39 is 0 Å². The van der Waals surface area contributed by atoms with Crippen molar-refractivity contribution >= 4 is 0 Å². The summed E-state index contributed by atoms with van der Waals surface area (Å²) in [5.41, 5.74) is 4.95. The van der Waals surface area contributed by atoms with Crippen LogP contribution >= 0.6 is 0 Å². The molecule has 0 fully saturated rings. The third-order valence-corrected chi connectivity index (χ3v) is 3.98. The van der Waals surface area contributed by atoms with Crippen molar-refractivity contribution in [2.24, 2.45) is 0 Å². The molecule has 0 unspecified atom stereocenters. The smallest absolute Gasteiger partial charge is 0.177 e. The second-order valence-electron chi connectivity index (χ2n) is 5.29. The summed E-state index contributed by atoms with van der Waals surface area (Å²) in [7, 11) is 0. The van der Waals surface area contributed by atoms with Crippen LogP contribution < -0.4 is 0 Å². The van der Waals surface area contributed by atoms with Crippen molar-refractivity contribution in [3.8, 4) is 22.6 Å². The van der Waals surface area contributed by atoms with Crippen LogP contribution in [0.2, 0.25) is 0 Å². The van der Waals surface area contributed by atoms with Gasteiger partial charge in [-0.3, -0.25) is 4.98 Å². The Morgan fingerprint density at radius 2 is 1.95 bits per heavy atom. The lowest BCUT2D eigenvalue weighted by atomic mass is 10.0. The first-order chi connectivity index (χ1) is 10.3. The van der Waals surface area contributed by atoms with E-state index in [1.54, 1.807) is 12.4 Å². The molecule has 4 rings (SSSR count). The van der Waals surface area contributed by atoms with E-state index in [0.717, 1.165) is 41.8 Å². The number of hydrogen-bond donors (Lipinski definition) is 1. The van der Waals surface area contributed by atoms with Crippen molar-refractivity contribution in [3.05, 3.63) is 60.0 Å². The Balaban J connectivity index is 1.96. The number of imidazole rings is 1. The van der Waals surface area contributed by atoms with Crippen LogP contribution in [-0.2, 0) is 12.8 Å². The number of aryl methyl sites for hydroxylation is 2. The summed E-state index contributed by atoms with van der Waals surface area (Å²) >= 11 is 0. The molecule has 4 nitrogen and oxygen atoms in total. The van der Waals surface area contributed by atoms with Crippen LogP contribution in [0.25, 0.3) is 22.6 Å². The molecule has 2 aromatic heterocycles. The highest BCUT2D eigenvalue weighted by molar-refractivity contribution is 5.71. The molecule has 0 radical (unpaired) electrons. The summed E-state index contributed by atoms with van der Waals surface area (Å²) in [5.74, 6) is 0.560. The van der Waals surface area contributed by atoms with E-state index in [-0.39, 0.29) is 0 Å². The van der Waals surface area contributed by atoms with Crippen LogP contribution in [0.3, 0.4) is 0 Å². The van der Waals surface area contributed by atoms with Crippen LogP contribution in [0.5, 0.6) is 0 Å². The molecule has 0 saturated heterocycles. The highest BCUT2D eigenvalue weighted by Gasteiger charge is 2.23. The van der Waals surface area contributed by atoms with Crippen molar-refractivity contribution < 1.29 is 5.21 Å². The first-order valence-electron chi connectivity index (χ1n) is 7.14. The molecule has 21 heavy (non-hydrogen) atoms. The Labute approximate surface area is 122 Å². The van der Waals surface area contributed by atoms with Crippen LogP contribution in [0.1, 0.15) is 17.7 Å². The summed E-state index contributed by atoms with van der Waals surface area (Å²) in [6, 6.07) is 12.0. The summed E-state index contributed by atoms with van der Waals surface area (Å²) < 4.78 is 1.22. The highest BCUT2D eigenvalue weighted by Crippen LogP contribution is 2.34. The fourth-order valence-corrected chi connectivity index (χ4v) is 3.00. The fraction of sp³-hybridized carbons (Fsp3) is 0.176. The minimum atomic E-state index is 0.560. The molecule has 2 heterocycles. The Kier molecular flexibility index (Phi) is 2.74. The van der Waals surface area contributed by atoms with Gasteiger partial charge < -0.3 is 5.21 Å². The molecule has 104 valence electrons. The zero-order valence-electron chi connectivity index (χ0n) is 11.5. The maximum atomic E-state index is 10.6. The molecule has 1 N–H and O–H groups in total. The number of hydrogen-bond acceptors (Lipinski definition) is 3. The minimum Gasteiger partial charge on any atom is -0.426 e. The summed E-state index contributed by atoms with van der Waals surface area (Å²) in [6.45, 7) is 0. The van der Waals surface area contributed by atoms with E-state index in [1.807, 2.05) is 24.3 Å². The molecule has 1 aliphatic carbocycles. The SMILES string of the molecule is On1c(-c2cccnc2)nc2c1-c1ccccc1CCC2. The van der Waals surface area contributed by atoms with Crippen LogP contribution in [0, 0.1) is 0 Å². The lowest BCUT2D eigenvalue weighted by Gasteiger charge is -2.08. The Morgan fingerprint density at radius 3 is 2.81 bits per heavy atom. The van der Waals surface area contributed by atoms with Crippen molar-refractivity contribution in [3.63, 3.8) is 0 Å². The van der Waals surface area contributed by atoms with E-state index >= 15 is 0 Å². The summed E-state index contributed by atoms with van der Waals surface area (Å²) in [4.78, 5) is 8.76. The van der Waals surface area contributed by atoms with Gasteiger partial charge in [0.05, 0.1) is 5.69 Å². The molecule has 3 aromatic rings. The standard InChI is InChI=1S/C17H15N3O/c21-20-16-14-8-2-1-5-12(14)6-3-9-15(16)19-17(20)13-7-4-10-18-11-13/h1-2,4-5,7-8,10-11,21H,3,6,9H2. The molecule has 0 atom stereocenters. The summed E-state index contributed by atoms with van der Waals surface area (Å²) in [5, 5.41) is 10.6. The largest absolute Gasteiger partial charge is 0.426 e. The fourth-order valence-electron chi connectivity index (χ4n) is 3.00. The minimum absolute atomic E-state index is 0.560. The second-order valence-corrected chi connectivity index (χ2v) is 5.29. The van der Waals surface area contributed by atoms with E-state index in [2.05, 4.69) is 22.1 Å². The molecular weight excluding hydrogens is 262 g/mol. The second kappa shape index (κ2) is 4.74. The summed E-state index contributed by atoms with van der Waals surface area (Å²) in [6.07, 6.45) is 6.39. The van der Waals surface area contributed by atoms with Crippen LogP contribution in [0.15, 0.2) is 48.8 Å². The van der Waals surface area contributed by atoms with Crippen LogP contribution in [0.4, 0.5) is 0 Å². The van der Waals surface area contributed by atoms with Gasteiger partial charge in [-0.25, -0.2) is 4.98 Å². The van der Waals surface area contributed by atoms with E-state index in [1.165, 1.54) is 10.3 Å². The van der Waals surface area contributed by atoms with Gasteiger partial charge >= 0.3 is 0 Å². The zero-order valence-corrected chi connectivity index (χ0v) is 11.5. The predicted molar refractivity (Wildman–Crippen MR) is 80.1 cm³/mol. The van der Waals surface area contributed by atoms with Crippen molar-refractivity contribution in [2.75, 3.05) is 0 Å². The quantitative estimate of drug-likeness (QED) is 0.694. The third-order valence-electron chi connectivity index (χ3n) is 3.98. The van der Waals surface area contributed by atoms with E-state index in [0.29, 0.717) is 5.82 Å². The van der Waals surface area contributed by atoms with E-state index in [9.17, 15) is 5.21 Å². The van der Waals surface area contributed by atoms with Gasteiger partial charge in [-0.15, -0.1) is 0 Å². The monoisotopic (exact) mass is 277 g/mol. The zero-order chi connectivity index (χ0) is 14.2. The number of nitrogens with zero attached hydrogens (tertiary/aromatic N) is 3. The molecule has 1 aliphatic rings. The van der Waals surface area contributed by atoms with Crippen molar-refractivity contribution in [2.45, 2.75) is 19.3 Å². The lowest BCUT2D eigenvalue weighted by Crippen LogP contribution is -1.99. The van der Waals surface area contributed by atoms with Gasteiger partial charge in [0, 0.05) is 23.5 Å². The molecule has 4 heteroatoms. The first-order valence-corrected chi connectivity index (χ1v) is 7.14. The van der Waals surface area contributed by atoms with E-state index in [4.69, 9.17) is 0 Å². The number of pyridine rings is 1. The van der Waals surface area contributed by atoms with Crippen molar-refractivity contribution in [1.82, 2.24) is 14.7 Å². The topological polar surface area (TPSA) is 50.9 Å². The van der Waals surface area contributed by atoms with Crippen LogP contribution in [-0.4, -0.2) is 19.9 Å². The first kappa shape index (κ1) is 12.1. The van der Waals surface area contributed by atoms with Crippen molar-refractivity contribution in [1.29, 1.82) is 0 Å². The van der Waals surface area contributed by atoms with Gasteiger partial charge in [-0.05, 0) is 37.0 Å². The lowest BCUT2D eigenvalue weighted by molar-refractivity contribution is 0.195. The normalized spacial score (nSPS) is 13.3. The van der Waals surface area contributed by atoms with Gasteiger partial charge in [0.25, 0.3) is 0 Å². The number of benzene rings is 1. The number of fused-ring (bicyclic) bond motifs is 3. The molecule has 0 spiro atoms. The average molecular weight is 277 g/mol.